The number of aliphatic imine (C=N–C) groups is 1. The van der Waals surface area contributed by atoms with Gasteiger partial charge in [-0.05, 0) is 63.7 Å². The van der Waals surface area contributed by atoms with Crippen molar-refractivity contribution in [2.45, 2.75) is 45.6 Å². The molecular weight excluding hydrogens is 427 g/mol. The highest BCUT2D eigenvalue weighted by Gasteiger charge is 2.27. The Morgan fingerprint density at radius 3 is 2.64 bits per heavy atom. The summed E-state index contributed by atoms with van der Waals surface area (Å²) in [6.07, 6.45) is 5.16. The Morgan fingerprint density at radius 2 is 2.04 bits per heavy atom. The van der Waals surface area contributed by atoms with Gasteiger partial charge in [-0.2, -0.15) is 0 Å². The smallest absolute Gasteiger partial charge is 0.193 e. The Morgan fingerprint density at radius 1 is 1.28 bits per heavy atom. The molecule has 0 saturated carbocycles. The maximum absolute atomic E-state index is 5.95. The molecule has 3 heterocycles. The third-order valence-electron chi connectivity index (χ3n) is 5.29. The van der Waals surface area contributed by atoms with Crippen LogP contribution in [0.25, 0.3) is 0 Å². The molecule has 0 spiro atoms. The van der Waals surface area contributed by atoms with E-state index in [9.17, 15) is 0 Å². The first-order chi connectivity index (χ1) is 11.7. The van der Waals surface area contributed by atoms with Crippen LogP contribution in [0.15, 0.2) is 21.5 Å². The Hall–Kier alpha value is -0.760. The molecule has 2 atom stereocenters. The van der Waals surface area contributed by atoms with E-state index in [0.717, 1.165) is 56.1 Å². The molecule has 2 saturated heterocycles. The van der Waals surface area contributed by atoms with E-state index in [1.54, 1.807) is 0 Å². The minimum atomic E-state index is 0. The quantitative estimate of drug-likeness (QED) is 0.423. The van der Waals surface area contributed by atoms with Crippen LogP contribution >= 0.6 is 24.0 Å². The molecule has 0 amide bonds. The largest absolute Gasteiger partial charge is 0.465 e. The first-order valence-electron chi connectivity index (χ1n) is 9.43. The predicted molar refractivity (Wildman–Crippen MR) is 114 cm³/mol. The molecular formula is C19H33IN4O. The normalized spacial score (nSPS) is 23.4. The number of hydrogen-bond acceptors (Lipinski definition) is 3. The summed E-state index contributed by atoms with van der Waals surface area (Å²) < 4.78 is 5.95. The number of nitrogens with one attached hydrogen (secondary N) is 1. The number of furan rings is 1. The lowest BCUT2D eigenvalue weighted by atomic mass is 10.0. The second-order valence-electron chi connectivity index (χ2n) is 7.33. The molecule has 1 aromatic rings. The number of likely N-dealkylation sites (tertiary alicyclic amines) is 2. The van der Waals surface area contributed by atoms with Crippen molar-refractivity contribution in [3.8, 4) is 0 Å². The van der Waals surface area contributed by atoms with Gasteiger partial charge in [0.1, 0.15) is 11.5 Å². The summed E-state index contributed by atoms with van der Waals surface area (Å²) >= 11 is 0. The van der Waals surface area contributed by atoms with Crippen molar-refractivity contribution in [2.24, 2.45) is 10.9 Å². The van der Waals surface area contributed by atoms with Crippen molar-refractivity contribution in [1.29, 1.82) is 0 Å². The van der Waals surface area contributed by atoms with Crippen molar-refractivity contribution in [3.05, 3.63) is 23.7 Å². The second kappa shape index (κ2) is 9.80. The van der Waals surface area contributed by atoms with Crippen LogP contribution < -0.4 is 5.32 Å². The monoisotopic (exact) mass is 460 g/mol. The summed E-state index contributed by atoms with van der Waals surface area (Å²) in [5, 5.41) is 3.62. The molecule has 0 aliphatic carbocycles. The third-order valence-corrected chi connectivity index (χ3v) is 5.29. The van der Waals surface area contributed by atoms with E-state index >= 15 is 0 Å². The topological polar surface area (TPSA) is 44.0 Å². The van der Waals surface area contributed by atoms with Crippen LogP contribution in [0.2, 0.25) is 0 Å². The van der Waals surface area contributed by atoms with E-state index < -0.39 is 0 Å². The van der Waals surface area contributed by atoms with Crippen LogP contribution in [-0.4, -0.2) is 55.5 Å². The molecule has 2 unspecified atom stereocenters. The van der Waals surface area contributed by atoms with Crippen LogP contribution in [0, 0.1) is 12.8 Å². The van der Waals surface area contributed by atoms with Gasteiger partial charge in [-0.1, -0.05) is 6.92 Å². The SMILES string of the molecule is CN=C(NCC(c1ccc(C)o1)N1CCCC1)N1CCCC(C)C1.I. The van der Waals surface area contributed by atoms with Crippen molar-refractivity contribution in [1.82, 2.24) is 15.1 Å². The fraction of sp³-hybridized carbons (Fsp3) is 0.737. The summed E-state index contributed by atoms with van der Waals surface area (Å²) in [7, 11) is 1.89. The van der Waals surface area contributed by atoms with Gasteiger partial charge in [-0.25, -0.2) is 0 Å². The van der Waals surface area contributed by atoms with Crippen LogP contribution in [0.3, 0.4) is 0 Å². The van der Waals surface area contributed by atoms with Crippen molar-refractivity contribution < 1.29 is 4.42 Å². The summed E-state index contributed by atoms with van der Waals surface area (Å²) in [5.41, 5.74) is 0. The molecule has 0 aromatic carbocycles. The van der Waals surface area contributed by atoms with Crippen molar-refractivity contribution in [2.75, 3.05) is 39.8 Å². The second-order valence-corrected chi connectivity index (χ2v) is 7.33. The lowest BCUT2D eigenvalue weighted by molar-refractivity contribution is 0.209. The minimum Gasteiger partial charge on any atom is -0.465 e. The molecule has 1 N–H and O–H groups in total. The highest BCUT2D eigenvalue weighted by atomic mass is 127. The van der Waals surface area contributed by atoms with E-state index in [2.05, 4.69) is 39.2 Å². The fourth-order valence-corrected chi connectivity index (χ4v) is 4.00. The maximum atomic E-state index is 5.95. The van der Waals surface area contributed by atoms with Gasteiger partial charge in [0.2, 0.25) is 0 Å². The molecule has 25 heavy (non-hydrogen) atoms. The fourth-order valence-electron chi connectivity index (χ4n) is 4.00. The van der Waals surface area contributed by atoms with E-state index in [1.807, 2.05) is 14.0 Å². The molecule has 2 fully saturated rings. The average molecular weight is 460 g/mol. The Labute approximate surface area is 169 Å². The number of nitrogens with zero attached hydrogens (tertiary/aromatic N) is 3. The number of piperidine rings is 1. The van der Waals surface area contributed by atoms with Gasteiger partial charge < -0.3 is 14.6 Å². The average Bonchev–Trinajstić information content (AvgIpc) is 3.24. The van der Waals surface area contributed by atoms with Crippen LogP contribution in [0.4, 0.5) is 0 Å². The molecule has 6 heteroatoms. The van der Waals surface area contributed by atoms with Gasteiger partial charge in [-0.15, -0.1) is 24.0 Å². The van der Waals surface area contributed by atoms with E-state index in [-0.39, 0.29) is 24.0 Å². The Bertz CT molecular complexity index is 553. The standard InChI is InChI=1S/C19H32N4O.HI/c1-15-7-6-12-23(14-15)19(20-3)21-13-17(22-10-4-5-11-22)18-9-8-16(2)24-18;/h8-9,15,17H,4-7,10-14H2,1-3H3,(H,20,21);1H. The van der Waals surface area contributed by atoms with Gasteiger partial charge in [-0.3, -0.25) is 9.89 Å². The van der Waals surface area contributed by atoms with Crippen LogP contribution in [0.5, 0.6) is 0 Å². The van der Waals surface area contributed by atoms with Crippen LogP contribution in [0.1, 0.15) is 50.2 Å². The summed E-state index contributed by atoms with van der Waals surface area (Å²) in [5.74, 6) is 3.85. The molecule has 2 aliphatic rings. The van der Waals surface area contributed by atoms with E-state index in [0.29, 0.717) is 6.04 Å². The third kappa shape index (κ3) is 5.36. The molecule has 1 aromatic heterocycles. The first kappa shape index (κ1) is 20.6. The molecule has 142 valence electrons. The van der Waals surface area contributed by atoms with Gasteiger partial charge in [0.25, 0.3) is 0 Å². The number of hydrogen-bond donors (Lipinski definition) is 1. The lowest BCUT2D eigenvalue weighted by Crippen LogP contribution is -2.48. The summed E-state index contributed by atoms with van der Waals surface area (Å²) in [6.45, 7) is 9.73. The van der Waals surface area contributed by atoms with Crippen molar-refractivity contribution in [3.63, 3.8) is 0 Å². The molecule has 0 bridgehead atoms. The maximum Gasteiger partial charge on any atom is 0.193 e. The zero-order valence-corrected chi connectivity index (χ0v) is 18.2. The first-order valence-corrected chi connectivity index (χ1v) is 9.43. The molecule has 3 rings (SSSR count). The zero-order valence-electron chi connectivity index (χ0n) is 15.8. The van der Waals surface area contributed by atoms with E-state index in [1.165, 1.54) is 25.7 Å². The zero-order chi connectivity index (χ0) is 16.9. The minimum absolute atomic E-state index is 0. The number of rotatable bonds is 4. The van der Waals surface area contributed by atoms with Gasteiger partial charge in [0.15, 0.2) is 5.96 Å². The van der Waals surface area contributed by atoms with Crippen molar-refractivity contribution >= 4 is 29.9 Å². The highest BCUT2D eigenvalue weighted by molar-refractivity contribution is 14.0. The Kier molecular flexibility index (Phi) is 8.06. The van der Waals surface area contributed by atoms with E-state index in [4.69, 9.17) is 4.42 Å². The van der Waals surface area contributed by atoms with Gasteiger partial charge in [0, 0.05) is 26.7 Å². The van der Waals surface area contributed by atoms with Crippen LogP contribution in [-0.2, 0) is 0 Å². The number of halogens is 1. The molecule has 0 radical (unpaired) electrons. The number of guanidine groups is 1. The molecule has 2 aliphatic heterocycles. The van der Waals surface area contributed by atoms with Gasteiger partial charge in [0.05, 0.1) is 6.04 Å². The molecule has 5 nitrogen and oxygen atoms in total. The highest BCUT2D eigenvalue weighted by Crippen LogP contribution is 2.26. The number of aryl methyl sites for hydroxylation is 1. The predicted octanol–water partition coefficient (Wildman–Crippen LogP) is 3.65. The summed E-state index contributed by atoms with van der Waals surface area (Å²) in [4.78, 5) is 9.47. The lowest BCUT2D eigenvalue weighted by Gasteiger charge is -2.35. The summed E-state index contributed by atoms with van der Waals surface area (Å²) in [6, 6.07) is 4.49. The Balaban J connectivity index is 0.00000225. The van der Waals surface area contributed by atoms with Gasteiger partial charge >= 0.3 is 0 Å².